The molecule has 0 fully saturated rings. The van der Waals surface area contributed by atoms with Crippen LogP contribution in [0.1, 0.15) is 31.7 Å². The lowest BCUT2D eigenvalue weighted by Gasteiger charge is -2.16. The molecular formula is C15H17ClO3. The van der Waals surface area contributed by atoms with E-state index in [0.717, 1.165) is 24.8 Å². The van der Waals surface area contributed by atoms with Gasteiger partial charge in [0.05, 0.1) is 7.11 Å². The van der Waals surface area contributed by atoms with Crippen molar-refractivity contribution in [2.24, 2.45) is 0 Å². The smallest absolute Gasteiger partial charge is 0.346 e. The zero-order valence-corrected chi connectivity index (χ0v) is 11.9. The van der Waals surface area contributed by atoms with Gasteiger partial charge in [-0.1, -0.05) is 17.7 Å². The van der Waals surface area contributed by atoms with Crippen molar-refractivity contribution < 1.29 is 14.3 Å². The second-order valence-electron chi connectivity index (χ2n) is 4.55. The highest BCUT2D eigenvalue weighted by atomic mass is 35.5. The van der Waals surface area contributed by atoms with Crippen molar-refractivity contribution in [3.63, 3.8) is 0 Å². The Hall–Kier alpha value is -1.48. The van der Waals surface area contributed by atoms with E-state index in [1.807, 2.05) is 6.07 Å². The van der Waals surface area contributed by atoms with Gasteiger partial charge in [0.1, 0.15) is 5.75 Å². The van der Waals surface area contributed by atoms with Gasteiger partial charge in [-0.2, -0.15) is 0 Å². The van der Waals surface area contributed by atoms with Crippen LogP contribution < -0.4 is 4.74 Å². The largest absolute Gasteiger partial charge is 0.478 e. The number of carbonyl (C=O) groups is 1. The summed E-state index contributed by atoms with van der Waals surface area (Å²) in [7, 11) is 1.35. The molecule has 4 heteroatoms. The number of benzene rings is 1. The molecule has 0 spiro atoms. The molecule has 1 aromatic rings. The first-order chi connectivity index (χ1) is 9.11. The number of rotatable bonds is 4. The predicted octanol–water partition coefficient (Wildman–Crippen LogP) is 3.85. The van der Waals surface area contributed by atoms with Gasteiger partial charge in [-0.3, -0.25) is 0 Å². The summed E-state index contributed by atoms with van der Waals surface area (Å²) in [6.07, 6.45) is 4.80. The lowest BCUT2D eigenvalue weighted by atomic mass is 10.0. The van der Waals surface area contributed by atoms with E-state index in [1.165, 1.54) is 12.7 Å². The molecule has 1 aliphatic carbocycles. The first kappa shape index (κ1) is 13.9. The maximum absolute atomic E-state index is 11.4. The van der Waals surface area contributed by atoms with Crippen LogP contribution in [0.5, 0.6) is 5.75 Å². The number of hydrogen-bond donors (Lipinski definition) is 0. The summed E-state index contributed by atoms with van der Waals surface area (Å²) in [6, 6.07) is 5.45. The van der Waals surface area contributed by atoms with Crippen molar-refractivity contribution in [3.05, 3.63) is 34.9 Å². The minimum atomic E-state index is -0.632. The molecule has 1 atom stereocenters. The minimum absolute atomic E-state index is 0.388. The number of hydrogen-bond acceptors (Lipinski definition) is 3. The van der Waals surface area contributed by atoms with Crippen LogP contribution in [0.25, 0.3) is 5.57 Å². The minimum Gasteiger partial charge on any atom is -0.478 e. The zero-order chi connectivity index (χ0) is 13.8. The van der Waals surface area contributed by atoms with E-state index in [1.54, 1.807) is 19.1 Å². The average Bonchev–Trinajstić information content (AvgIpc) is 2.93. The van der Waals surface area contributed by atoms with Crippen molar-refractivity contribution >= 4 is 23.1 Å². The van der Waals surface area contributed by atoms with Crippen LogP contribution >= 0.6 is 11.6 Å². The Labute approximate surface area is 118 Å². The first-order valence-corrected chi connectivity index (χ1v) is 6.73. The van der Waals surface area contributed by atoms with Crippen LogP contribution in [0, 0.1) is 0 Å². The molecule has 0 unspecified atom stereocenters. The van der Waals surface area contributed by atoms with Crippen LogP contribution in [0.3, 0.4) is 0 Å². The number of ether oxygens (including phenoxy) is 2. The fraction of sp³-hybridized carbons (Fsp3) is 0.400. The Kier molecular flexibility index (Phi) is 4.48. The molecule has 0 radical (unpaired) electrons. The summed E-state index contributed by atoms with van der Waals surface area (Å²) < 4.78 is 10.4. The highest BCUT2D eigenvalue weighted by Gasteiger charge is 2.19. The number of allylic oxidation sites excluding steroid dienone is 2. The number of carbonyl (C=O) groups excluding carboxylic acids is 1. The van der Waals surface area contributed by atoms with Crippen molar-refractivity contribution in [3.8, 4) is 5.75 Å². The molecular weight excluding hydrogens is 264 g/mol. The van der Waals surface area contributed by atoms with E-state index in [4.69, 9.17) is 16.3 Å². The topological polar surface area (TPSA) is 35.5 Å². The van der Waals surface area contributed by atoms with Gasteiger partial charge in [0.2, 0.25) is 0 Å². The van der Waals surface area contributed by atoms with E-state index in [2.05, 4.69) is 10.8 Å². The second-order valence-corrected chi connectivity index (χ2v) is 4.98. The van der Waals surface area contributed by atoms with Crippen LogP contribution in [0.4, 0.5) is 0 Å². The van der Waals surface area contributed by atoms with E-state index in [9.17, 15) is 4.79 Å². The van der Waals surface area contributed by atoms with Gasteiger partial charge in [-0.15, -0.1) is 0 Å². The third kappa shape index (κ3) is 3.29. The lowest BCUT2D eigenvalue weighted by Crippen LogP contribution is -2.25. The summed E-state index contributed by atoms with van der Waals surface area (Å²) in [5, 5.41) is 0.667. The highest BCUT2D eigenvalue weighted by molar-refractivity contribution is 6.30. The van der Waals surface area contributed by atoms with E-state index < -0.39 is 6.10 Å². The van der Waals surface area contributed by atoms with Gasteiger partial charge in [0.25, 0.3) is 0 Å². The molecule has 0 bridgehead atoms. The van der Waals surface area contributed by atoms with Crippen molar-refractivity contribution in [1.82, 2.24) is 0 Å². The molecule has 0 saturated heterocycles. The number of esters is 1. The summed E-state index contributed by atoms with van der Waals surface area (Å²) in [5.74, 6) is 0.289. The van der Waals surface area contributed by atoms with Gasteiger partial charge in [0, 0.05) is 10.6 Å². The fourth-order valence-corrected chi connectivity index (χ4v) is 2.35. The van der Waals surface area contributed by atoms with Crippen molar-refractivity contribution in [2.75, 3.05) is 7.11 Å². The maximum Gasteiger partial charge on any atom is 0.346 e. The SMILES string of the molecule is COC(=O)[C@H](C)Oc1ccc(Cl)cc1C1=CCCC1. The Morgan fingerprint density at radius 2 is 2.21 bits per heavy atom. The molecule has 0 aromatic heterocycles. The molecule has 3 nitrogen and oxygen atoms in total. The first-order valence-electron chi connectivity index (χ1n) is 6.35. The molecule has 0 saturated carbocycles. The normalized spacial score (nSPS) is 15.8. The van der Waals surface area contributed by atoms with Gasteiger partial charge in [-0.25, -0.2) is 4.79 Å². The quantitative estimate of drug-likeness (QED) is 0.786. The van der Waals surface area contributed by atoms with E-state index >= 15 is 0 Å². The molecule has 102 valence electrons. The molecule has 19 heavy (non-hydrogen) atoms. The zero-order valence-electron chi connectivity index (χ0n) is 11.1. The van der Waals surface area contributed by atoms with Gasteiger partial charge < -0.3 is 9.47 Å². The van der Waals surface area contributed by atoms with Crippen LogP contribution in [0.2, 0.25) is 5.02 Å². The summed E-state index contributed by atoms with van der Waals surface area (Å²) >= 11 is 6.05. The van der Waals surface area contributed by atoms with E-state index in [0.29, 0.717) is 10.8 Å². The standard InChI is InChI=1S/C15H17ClO3/c1-10(15(17)18-2)19-14-8-7-12(16)9-13(14)11-5-3-4-6-11/h5,7-10H,3-4,6H2,1-2H3/t10-/m0/s1. The third-order valence-corrected chi connectivity index (χ3v) is 3.40. The molecule has 1 aliphatic rings. The van der Waals surface area contributed by atoms with Crippen molar-refractivity contribution in [2.45, 2.75) is 32.3 Å². The monoisotopic (exact) mass is 280 g/mol. The third-order valence-electron chi connectivity index (χ3n) is 3.17. The average molecular weight is 281 g/mol. The number of methoxy groups -OCH3 is 1. The molecule has 1 aromatic carbocycles. The van der Waals surface area contributed by atoms with E-state index in [-0.39, 0.29) is 5.97 Å². The molecule has 0 N–H and O–H groups in total. The highest BCUT2D eigenvalue weighted by Crippen LogP contribution is 2.35. The lowest BCUT2D eigenvalue weighted by molar-refractivity contribution is -0.147. The van der Waals surface area contributed by atoms with Gasteiger partial charge >= 0.3 is 5.97 Å². The van der Waals surface area contributed by atoms with Crippen LogP contribution in [-0.2, 0) is 9.53 Å². The maximum atomic E-state index is 11.4. The Morgan fingerprint density at radius 1 is 1.42 bits per heavy atom. The molecule has 0 amide bonds. The van der Waals surface area contributed by atoms with Gasteiger partial charge in [-0.05, 0) is 50.0 Å². The van der Waals surface area contributed by atoms with Gasteiger partial charge in [0.15, 0.2) is 6.10 Å². The molecule has 0 aliphatic heterocycles. The molecule has 0 heterocycles. The fourth-order valence-electron chi connectivity index (χ4n) is 2.18. The summed E-state index contributed by atoms with van der Waals surface area (Å²) in [4.78, 5) is 11.4. The predicted molar refractivity (Wildman–Crippen MR) is 75.4 cm³/mol. The van der Waals surface area contributed by atoms with Crippen LogP contribution in [0.15, 0.2) is 24.3 Å². The summed E-state index contributed by atoms with van der Waals surface area (Å²) in [6.45, 7) is 1.67. The van der Waals surface area contributed by atoms with Crippen LogP contribution in [-0.4, -0.2) is 19.2 Å². The Balaban J connectivity index is 2.27. The molecule has 2 rings (SSSR count). The summed E-state index contributed by atoms with van der Waals surface area (Å²) in [5.41, 5.74) is 2.20. The number of halogens is 1. The second kappa shape index (κ2) is 6.11. The Morgan fingerprint density at radius 3 is 2.84 bits per heavy atom. The van der Waals surface area contributed by atoms with Crippen molar-refractivity contribution in [1.29, 1.82) is 0 Å². The Bertz CT molecular complexity index is 508.